The lowest BCUT2D eigenvalue weighted by Gasteiger charge is -2.22. The van der Waals surface area contributed by atoms with Crippen LogP contribution in [0, 0.1) is 5.92 Å². The molecule has 0 radical (unpaired) electrons. The first-order valence-electron chi connectivity index (χ1n) is 11.4. The molecular weight excluding hydrogens is 505 g/mol. The van der Waals surface area contributed by atoms with Gasteiger partial charge < -0.3 is 15.4 Å². The quantitative estimate of drug-likeness (QED) is 0.289. The van der Waals surface area contributed by atoms with Crippen molar-refractivity contribution < 1.29 is 14.3 Å². The molecule has 3 rings (SSSR count). The van der Waals surface area contributed by atoms with Crippen LogP contribution in [0.3, 0.4) is 0 Å². The number of halogens is 2. The van der Waals surface area contributed by atoms with Crippen molar-refractivity contribution in [2.24, 2.45) is 11.7 Å². The summed E-state index contributed by atoms with van der Waals surface area (Å²) in [5.41, 5.74) is 8.53. The summed E-state index contributed by atoms with van der Waals surface area (Å²) in [6.07, 6.45) is 1.06. The van der Waals surface area contributed by atoms with Crippen LogP contribution in [0.15, 0.2) is 42.5 Å². The predicted molar refractivity (Wildman–Crippen MR) is 143 cm³/mol. The Morgan fingerprint density at radius 2 is 1.91 bits per heavy atom. The monoisotopic (exact) mass is 533 g/mol. The molecule has 1 heterocycles. The van der Waals surface area contributed by atoms with Gasteiger partial charge in [0.05, 0.1) is 28.8 Å². The van der Waals surface area contributed by atoms with E-state index in [1.165, 1.54) is 0 Å². The van der Waals surface area contributed by atoms with E-state index < -0.39 is 5.91 Å². The van der Waals surface area contributed by atoms with Gasteiger partial charge in [0, 0.05) is 29.1 Å². The van der Waals surface area contributed by atoms with E-state index in [0.717, 1.165) is 33.3 Å². The third kappa shape index (κ3) is 7.43. The van der Waals surface area contributed by atoms with Gasteiger partial charge in [-0.25, -0.2) is 4.98 Å². The third-order valence-corrected chi connectivity index (χ3v) is 7.10. The number of hydrogen-bond donors (Lipinski definition) is 1. The number of thiazole rings is 1. The zero-order chi connectivity index (χ0) is 25.5. The molecule has 0 saturated carbocycles. The van der Waals surface area contributed by atoms with E-state index in [9.17, 15) is 9.59 Å². The third-order valence-electron chi connectivity index (χ3n) is 5.22. The highest BCUT2D eigenvalue weighted by Crippen LogP contribution is 2.37. The smallest absolute Gasteiger partial charge is 0.307 e. The maximum Gasteiger partial charge on any atom is 0.307 e. The number of primary amides is 1. The Bertz CT molecular complexity index is 1200. The number of nitrogens with zero attached hydrogens (tertiary/aromatic N) is 2. The van der Waals surface area contributed by atoms with Crippen LogP contribution in [0.1, 0.15) is 48.0 Å². The lowest BCUT2D eigenvalue weighted by molar-refractivity contribution is -0.142. The van der Waals surface area contributed by atoms with Crippen molar-refractivity contribution in [2.45, 2.75) is 40.2 Å². The zero-order valence-electron chi connectivity index (χ0n) is 20.0. The fourth-order valence-electron chi connectivity index (χ4n) is 3.60. The number of aromatic nitrogens is 1. The highest BCUT2D eigenvalue weighted by molar-refractivity contribution is 7.16. The van der Waals surface area contributed by atoms with Gasteiger partial charge in [-0.3, -0.25) is 9.59 Å². The number of carbonyl (C=O) groups is 2. The SMILES string of the molecule is CCOC(=O)CCN(Cc1cccc(C(N)=O)c1)c1nc(-c2ccc(Cl)c(Cl)c2)c(CC(C)C)s1. The maximum atomic E-state index is 12.1. The van der Waals surface area contributed by atoms with E-state index in [4.69, 9.17) is 38.7 Å². The van der Waals surface area contributed by atoms with Crippen molar-refractivity contribution >= 4 is 51.5 Å². The van der Waals surface area contributed by atoms with Gasteiger partial charge in [-0.05, 0) is 49.1 Å². The van der Waals surface area contributed by atoms with Crippen molar-refractivity contribution in [1.82, 2.24) is 4.98 Å². The number of amides is 1. The minimum absolute atomic E-state index is 0.213. The van der Waals surface area contributed by atoms with Gasteiger partial charge >= 0.3 is 5.97 Å². The van der Waals surface area contributed by atoms with Crippen LogP contribution in [0.5, 0.6) is 0 Å². The van der Waals surface area contributed by atoms with Crippen molar-refractivity contribution in [2.75, 3.05) is 18.1 Å². The molecule has 2 aromatic carbocycles. The van der Waals surface area contributed by atoms with Crippen LogP contribution in [-0.2, 0) is 22.5 Å². The summed E-state index contributed by atoms with van der Waals surface area (Å²) in [5.74, 6) is -0.336. The first kappa shape index (κ1) is 27.0. The highest BCUT2D eigenvalue weighted by Gasteiger charge is 2.21. The molecule has 3 aromatic rings. The Labute approximate surface area is 220 Å². The van der Waals surface area contributed by atoms with Gasteiger partial charge in [-0.15, -0.1) is 11.3 Å². The van der Waals surface area contributed by atoms with E-state index in [2.05, 4.69) is 13.8 Å². The summed E-state index contributed by atoms with van der Waals surface area (Å²) < 4.78 is 5.13. The Morgan fingerprint density at radius 3 is 2.57 bits per heavy atom. The molecule has 2 N–H and O–H groups in total. The summed E-state index contributed by atoms with van der Waals surface area (Å²) in [7, 11) is 0. The Morgan fingerprint density at radius 1 is 1.14 bits per heavy atom. The van der Waals surface area contributed by atoms with Gasteiger partial charge in [-0.2, -0.15) is 0 Å². The topological polar surface area (TPSA) is 85.5 Å². The first-order chi connectivity index (χ1) is 16.7. The second-order valence-electron chi connectivity index (χ2n) is 8.54. The Hall–Kier alpha value is -2.61. The van der Waals surface area contributed by atoms with Crippen LogP contribution in [0.25, 0.3) is 11.3 Å². The van der Waals surface area contributed by atoms with Crippen LogP contribution in [0.4, 0.5) is 5.13 Å². The zero-order valence-corrected chi connectivity index (χ0v) is 22.3. The summed E-state index contributed by atoms with van der Waals surface area (Å²) >= 11 is 14.0. The normalized spacial score (nSPS) is 11.0. The predicted octanol–water partition coefficient (Wildman–Crippen LogP) is 6.37. The number of benzene rings is 2. The van der Waals surface area contributed by atoms with E-state index >= 15 is 0 Å². The number of nitrogens with two attached hydrogens (primary N) is 1. The fraction of sp³-hybridized carbons (Fsp3) is 0.346. The Kier molecular flexibility index (Phi) is 9.55. The summed E-state index contributed by atoms with van der Waals surface area (Å²) in [4.78, 5) is 31.9. The molecular formula is C26H29Cl2N3O3S. The van der Waals surface area contributed by atoms with Crippen LogP contribution in [0.2, 0.25) is 10.0 Å². The second-order valence-corrected chi connectivity index (χ2v) is 10.4. The van der Waals surface area contributed by atoms with Crippen molar-refractivity contribution in [3.63, 3.8) is 0 Å². The van der Waals surface area contributed by atoms with Gasteiger partial charge in [0.1, 0.15) is 0 Å². The van der Waals surface area contributed by atoms with Gasteiger partial charge in [0.25, 0.3) is 0 Å². The van der Waals surface area contributed by atoms with Crippen LogP contribution in [-0.4, -0.2) is 30.0 Å². The van der Waals surface area contributed by atoms with Crippen molar-refractivity contribution in [1.29, 1.82) is 0 Å². The van der Waals surface area contributed by atoms with E-state index in [0.29, 0.717) is 41.2 Å². The number of hydrogen-bond acceptors (Lipinski definition) is 6. The average molecular weight is 535 g/mol. The molecule has 9 heteroatoms. The fourth-order valence-corrected chi connectivity index (χ4v) is 5.21. The number of rotatable bonds is 11. The first-order valence-corrected chi connectivity index (χ1v) is 13.0. The summed E-state index contributed by atoms with van der Waals surface area (Å²) in [5, 5.41) is 1.73. The molecule has 0 aliphatic rings. The molecule has 0 atom stereocenters. The van der Waals surface area contributed by atoms with Crippen LogP contribution < -0.4 is 10.6 Å². The van der Waals surface area contributed by atoms with Gasteiger partial charge in [0.15, 0.2) is 5.13 Å². The number of carbonyl (C=O) groups excluding carboxylic acids is 2. The summed E-state index contributed by atoms with van der Waals surface area (Å²) in [6.45, 7) is 7.30. The maximum absolute atomic E-state index is 12.1. The molecule has 186 valence electrons. The molecule has 0 spiro atoms. The van der Waals surface area contributed by atoms with E-state index in [1.54, 1.807) is 42.5 Å². The molecule has 0 bridgehead atoms. The standard InChI is InChI=1S/C26H29Cl2N3O3S/c1-4-34-23(32)10-11-31(15-17-6-5-7-19(13-17)25(29)33)26-30-24(22(35-26)12-16(2)3)18-8-9-20(27)21(28)14-18/h5-9,13-14,16H,4,10-12,15H2,1-3H3,(H2,29,33). The van der Waals surface area contributed by atoms with Crippen molar-refractivity contribution in [3.8, 4) is 11.3 Å². The average Bonchev–Trinajstić information content (AvgIpc) is 3.21. The number of esters is 1. The van der Waals surface area contributed by atoms with E-state index in [-0.39, 0.29) is 12.4 Å². The van der Waals surface area contributed by atoms with Crippen LogP contribution >= 0.6 is 34.5 Å². The minimum atomic E-state index is -0.486. The largest absolute Gasteiger partial charge is 0.466 e. The molecule has 0 aliphatic carbocycles. The molecule has 6 nitrogen and oxygen atoms in total. The Balaban J connectivity index is 2.01. The highest BCUT2D eigenvalue weighted by atomic mass is 35.5. The summed E-state index contributed by atoms with van der Waals surface area (Å²) in [6, 6.07) is 12.7. The molecule has 35 heavy (non-hydrogen) atoms. The number of ether oxygens (including phenoxy) is 1. The number of anilines is 1. The molecule has 1 aromatic heterocycles. The van der Waals surface area contributed by atoms with E-state index in [1.807, 2.05) is 23.1 Å². The lowest BCUT2D eigenvalue weighted by Crippen LogP contribution is -2.26. The molecule has 0 fully saturated rings. The van der Waals surface area contributed by atoms with Crippen molar-refractivity contribution in [3.05, 3.63) is 68.5 Å². The minimum Gasteiger partial charge on any atom is -0.466 e. The van der Waals surface area contributed by atoms with Gasteiger partial charge in [0.2, 0.25) is 5.91 Å². The van der Waals surface area contributed by atoms with Gasteiger partial charge in [-0.1, -0.05) is 55.2 Å². The second kappa shape index (κ2) is 12.4. The molecule has 0 saturated heterocycles. The molecule has 0 aliphatic heterocycles. The lowest BCUT2D eigenvalue weighted by atomic mass is 10.0. The molecule has 0 unspecified atom stereocenters. The molecule has 1 amide bonds.